The maximum Gasteiger partial charge on any atom is 0.0704 e. The lowest BCUT2D eigenvalue weighted by Crippen LogP contribution is -2.26. The van der Waals surface area contributed by atoms with Gasteiger partial charge in [0.1, 0.15) is 0 Å². The van der Waals surface area contributed by atoms with Crippen molar-refractivity contribution in [3.8, 4) is 0 Å². The number of fused-ring (bicyclic) bond motifs is 1. The standard InChI is InChI=1S/C12H16BrNS/c1-7-5-10(7)14-9-3-2-4-11-8(9)6-12(13)15-11/h6-7,9-10,14H,2-5H2,1H3. The fraction of sp³-hybridized carbons (Fsp3) is 0.667. The van der Waals surface area contributed by atoms with Crippen LogP contribution in [0.4, 0.5) is 0 Å². The van der Waals surface area contributed by atoms with Gasteiger partial charge in [0.2, 0.25) is 0 Å². The van der Waals surface area contributed by atoms with Gasteiger partial charge in [-0.25, -0.2) is 0 Å². The van der Waals surface area contributed by atoms with Crippen LogP contribution in [0, 0.1) is 5.92 Å². The molecule has 0 amide bonds. The molecule has 0 aliphatic heterocycles. The maximum absolute atomic E-state index is 3.80. The summed E-state index contributed by atoms with van der Waals surface area (Å²) in [6.45, 7) is 2.34. The topological polar surface area (TPSA) is 12.0 Å². The molecule has 0 aromatic carbocycles. The van der Waals surface area contributed by atoms with E-state index in [4.69, 9.17) is 0 Å². The Bertz CT molecular complexity index is 374. The second-order valence-electron chi connectivity index (χ2n) is 4.86. The van der Waals surface area contributed by atoms with Crippen molar-refractivity contribution < 1.29 is 0 Å². The van der Waals surface area contributed by atoms with Gasteiger partial charge in [0, 0.05) is 17.0 Å². The van der Waals surface area contributed by atoms with Crippen LogP contribution in [0.1, 0.15) is 42.7 Å². The van der Waals surface area contributed by atoms with Crippen molar-refractivity contribution in [3.05, 3.63) is 20.3 Å². The van der Waals surface area contributed by atoms with Crippen LogP contribution < -0.4 is 5.32 Å². The van der Waals surface area contributed by atoms with Crippen LogP contribution in [0.3, 0.4) is 0 Å². The van der Waals surface area contributed by atoms with Crippen molar-refractivity contribution in [1.82, 2.24) is 5.32 Å². The van der Waals surface area contributed by atoms with E-state index in [9.17, 15) is 0 Å². The molecular weight excluding hydrogens is 270 g/mol. The second kappa shape index (κ2) is 3.86. The summed E-state index contributed by atoms with van der Waals surface area (Å²) in [6, 6.07) is 3.75. The zero-order chi connectivity index (χ0) is 10.4. The van der Waals surface area contributed by atoms with Crippen LogP contribution in [0.15, 0.2) is 9.85 Å². The number of hydrogen-bond donors (Lipinski definition) is 1. The molecule has 15 heavy (non-hydrogen) atoms. The predicted octanol–water partition coefficient (Wildman–Crippen LogP) is 3.89. The highest BCUT2D eigenvalue weighted by atomic mass is 79.9. The van der Waals surface area contributed by atoms with Crippen molar-refractivity contribution in [2.24, 2.45) is 5.92 Å². The Kier molecular flexibility index (Phi) is 2.65. The molecule has 1 aromatic rings. The minimum atomic E-state index is 0.631. The highest BCUT2D eigenvalue weighted by Gasteiger charge is 2.35. The van der Waals surface area contributed by atoms with Crippen molar-refractivity contribution in [2.45, 2.75) is 44.7 Å². The lowest BCUT2D eigenvalue weighted by atomic mass is 9.94. The van der Waals surface area contributed by atoms with E-state index in [1.807, 2.05) is 11.3 Å². The zero-order valence-electron chi connectivity index (χ0n) is 8.92. The van der Waals surface area contributed by atoms with Gasteiger partial charge in [0.25, 0.3) is 0 Å². The molecule has 1 nitrogen and oxygen atoms in total. The normalized spacial score (nSPS) is 33.9. The monoisotopic (exact) mass is 285 g/mol. The molecule has 0 saturated heterocycles. The van der Waals surface area contributed by atoms with Crippen LogP contribution in [0.2, 0.25) is 0 Å². The van der Waals surface area contributed by atoms with Gasteiger partial charge in [0.05, 0.1) is 3.79 Å². The minimum Gasteiger partial charge on any atom is -0.307 e. The van der Waals surface area contributed by atoms with Gasteiger partial charge < -0.3 is 5.32 Å². The molecule has 1 aromatic heterocycles. The van der Waals surface area contributed by atoms with E-state index in [0.717, 1.165) is 12.0 Å². The maximum atomic E-state index is 3.80. The molecule has 3 heteroatoms. The summed E-state index contributed by atoms with van der Waals surface area (Å²) >= 11 is 5.52. The number of rotatable bonds is 2. The Balaban J connectivity index is 1.79. The fourth-order valence-electron chi connectivity index (χ4n) is 2.51. The molecular formula is C12H16BrNS. The Morgan fingerprint density at radius 2 is 2.33 bits per heavy atom. The summed E-state index contributed by atoms with van der Waals surface area (Å²) in [4.78, 5) is 1.60. The van der Waals surface area contributed by atoms with Crippen molar-refractivity contribution in [1.29, 1.82) is 0 Å². The highest BCUT2D eigenvalue weighted by molar-refractivity contribution is 9.11. The first-order chi connectivity index (χ1) is 7.24. The molecule has 2 aliphatic rings. The molecule has 0 radical (unpaired) electrons. The molecule has 2 aliphatic carbocycles. The first-order valence-electron chi connectivity index (χ1n) is 5.78. The van der Waals surface area contributed by atoms with Gasteiger partial charge >= 0.3 is 0 Å². The number of thiophene rings is 1. The third-order valence-electron chi connectivity index (χ3n) is 3.61. The SMILES string of the molecule is CC1CC1NC1CCCc2sc(Br)cc21. The quantitative estimate of drug-likeness (QED) is 0.869. The van der Waals surface area contributed by atoms with Gasteiger partial charge in [-0.05, 0) is 59.2 Å². The summed E-state index contributed by atoms with van der Waals surface area (Å²) in [5.41, 5.74) is 1.57. The van der Waals surface area contributed by atoms with Gasteiger partial charge in [0.15, 0.2) is 0 Å². The van der Waals surface area contributed by atoms with E-state index in [1.54, 1.807) is 10.4 Å². The Morgan fingerprint density at radius 3 is 3.07 bits per heavy atom. The Morgan fingerprint density at radius 1 is 1.53 bits per heavy atom. The van der Waals surface area contributed by atoms with E-state index in [2.05, 4.69) is 34.2 Å². The van der Waals surface area contributed by atoms with Gasteiger partial charge in [-0.2, -0.15) is 0 Å². The summed E-state index contributed by atoms with van der Waals surface area (Å²) in [5.74, 6) is 0.900. The lowest BCUT2D eigenvalue weighted by molar-refractivity contribution is 0.452. The third kappa shape index (κ3) is 2.02. The second-order valence-corrected chi connectivity index (χ2v) is 7.38. The minimum absolute atomic E-state index is 0.631. The first-order valence-corrected chi connectivity index (χ1v) is 7.39. The first kappa shape index (κ1) is 10.3. The fourth-order valence-corrected chi connectivity index (χ4v) is 4.33. The number of nitrogens with one attached hydrogen (secondary N) is 1. The molecule has 1 N–H and O–H groups in total. The largest absolute Gasteiger partial charge is 0.307 e. The average molecular weight is 286 g/mol. The van der Waals surface area contributed by atoms with Gasteiger partial charge in [-0.3, -0.25) is 0 Å². The van der Waals surface area contributed by atoms with Crippen LogP contribution in [0.5, 0.6) is 0 Å². The number of aryl methyl sites for hydroxylation is 1. The van der Waals surface area contributed by atoms with Crippen LogP contribution in [-0.2, 0) is 6.42 Å². The van der Waals surface area contributed by atoms with E-state index in [0.29, 0.717) is 6.04 Å². The van der Waals surface area contributed by atoms with E-state index in [-0.39, 0.29) is 0 Å². The average Bonchev–Trinajstić information content (AvgIpc) is 2.74. The molecule has 3 atom stereocenters. The molecule has 3 rings (SSSR count). The van der Waals surface area contributed by atoms with Crippen molar-refractivity contribution >= 4 is 27.3 Å². The predicted molar refractivity (Wildman–Crippen MR) is 68.4 cm³/mol. The third-order valence-corrected chi connectivity index (χ3v) is 5.32. The molecule has 0 spiro atoms. The van der Waals surface area contributed by atoms with E-state index in [1.165, 1.54) is 29.5 Å². The van der Waals surface area contributed by atoms with Crippen LogP contribution in [0.25, 0.3) is 0 Å². The molecule has 3 unspecified atom stereocenters. The van der Waals surface area contributed by atoms with Crippen molar-refractivity contribution in [2.75, 3.05) is 0 Å². The molecule has 82 valence electrons. The number of halogens is 1. The summed E-state index contributed by atoms with van der Waals surface area (Å²) in [6.07, 6.45) is 5.32. The summed E-state index contributed by atoms with van der Waals surface area (Å²) in [7, 11) is 0. The zero-order valence-corrected chi connectivity index (χ0v) is 11.3. The Labute approximate surface area is 103 Å². The van der Waals surface area contributed by atoms with Crippen LogP contribution >= 0.6 is 27.3 Å². The lowest BCUT2D eigenvalue weighted by Gasteiger charge is -2.23. The number of hydrogen-bond acceptors (Lipinski definition) is 2. The summed E-state index contributed by atoms with van der Waals surface area (Å²) < 4.78 is 1.30. The van der Waals surface area contributed by atoms with E-state index < -0.39 is 0 Å². The van der Waals surface area contributed by atoms with Crippen molar-refractivity contribution in [3.63, 3.8) is 0 Å². The van der Waals surface area contributed by atoms with E-state index >= 15 is 0 Å². The Hall–Kier alpha value is 0.140. The van der Waals surface area contributed by atoms with Gasteiger partial charge in [-0.1, -0.05) is 6.92 Å². The molecule has 1 fully saturated rings. The highest BCUT2D eigenvalue weighted by Crippen LogP contribution is 2.40. The molecule has 0 bridgehead atoms. The molecule has 1 heterocycles. The smallest absolute Gasteiger partial charge is 0.0704 e. The summed E-state index contributed by atoms with van der Waals surface area (Å²) in [5, 5.41) is 3.80. The molecule has 1 saturated carbocycles. The van der Waals surface area contributed by atoms with Crippen LogP contribution in [-0.4, -0.2) is 6.04 Å². The van der Waals surface area contributed by atoms with Gasteiger partial charge in [-0.15, -0.1) is 11.3 Å².